The van der Waals surface area contributed by atoms with E-state index in [1.807, 2.05) is 37.3 Å². The molecular formula is C17H21NO2. The van der Waals surface area contributed by atoms with Gasteiger partial charge in [-0.25, -0.2) is 0 Å². The van der Waals surface area contributed by atoms with Gasteiger partial charge in [-0.2, -0.15) is 0 Å². The smallest absolute Gasteiger partial charge is 0.136 e. The van der Waals surface area contributed by atoms with Gasteiger partial charge in [0.2, 0.25) is 0 Å². The minimum atomic E-state index is -0.175. The van der Waals surface area contributed by atoms with E-state index in [0.717, 1.165) is 22.6 Å². The zero-order valence-electron chi connectivity index (χ0n) is 12.2. The van der Waals surface area contributed by atoms with Gasteiger partial charge >= 0.3 is 0 Å². The van der Waals surface area contributed by atoms with Crippen LogP contribution in [0.3, 0.4) is 0 Å². The predicted octanol–water partition coefficient (Wildman–Crippen LogP) is 3.39. The summed E-state index contributed by atoms with van der Waals surface area (Å²) in [5, 5.41) is 0. The van der Waals surface area contributed by atoms with Crippen molar-refractivity contribution in [2.75, 3.05) is 13.7 Å². The highest BCUT2D eigenvalue weighted by Gasteiger charge is 2.13. The second-order valence-electron chi connectivity index (χ2n) is 4.89. The van der Waals surface area contributed by atoms with Crippen molar-refractivity contribution in [2.24, 2.45) is 5.73 Å². The van der Waals surface area contributed by atoms with Crippen LogP contribution in [0.15, 0.2) is 42.5 Å². The molecule has 0 aromatic heterocycles. The minimum Gasteiger partial charge on any atom is -0.497 e. The molecule has 106 valence electrons. The van der Waals surface area contributed by atoms with Gasteiger partial charge < -0.3 is 15.2 Å². The van der Waals surface area contributed by atoms with Crippen molar-refractivity contribution in [3.63, 3.8) is 0 Å². The Bertz CT molecular complexity index is 581. The molecule has 2 aromatic carbocycles. The van der Waals surface area contributed by atoms with E-state index in [4.69, 9.17) is 15.2 Å². The first-order valence-electron chi connectivity index (χ1n) is 6.72. The zero-order chi connectivity index (χ0) is 14.5. The second-order valence-corrected chi connectivity index (χ2v) is 4.89. The van der Waals surface area contributed by atoms with Crippen LogP contribution in [0.1, 0.15) is 22.8 Å². The van der Waals surface area contributed by atoms with Crippen molar-refractivity contribution in [3.05, 3.63) is 59.2 Å². The first kappa shape index (κ1) is 14.4. The molecule has 2 N–H and O–H groups in total. The molecule has 3 nitrogen and oxygen atoms in total. The lowest BCUT2D eigenvalue weighted by Crippen LogP contribution is -2.19. The summed E-state index contributed by atoms with van der Waals surface area (Å²) < 4.78 is 11.3. The van der Waals surface area contributed by atoms with E-state index >= 15 is 0 Å². The average molecular weight is 271 g/mol. The third-order valence-electron chi connectivity index (χ3n) is 3.29. The normalized spacial score (nSPS) is 12.0. The van der Waals surface area contributed by atoms with Crippen LogP contribution in [-0.2, 0) is 0 Å². The Morgan fingerprint density at radius 3 is 2.60 bits per heavy atom. The fraction of sp³-hybridized carbons (Fsp3) is 0.294. The lowest BCUT2D eigenvalue weighted by atomic mass is 10.1. The van der Waals surface area contributed by atoms with Crippen LogP contribution in [0.25, 0.3) is 0 Å². The summed E-state index contributed by atoms with van der Waals surface area (Å²) in [4.78, 5) is 0. The number of ether oxygens (including phenoxy) is 2. The fourth-order valence-corrected chi connectivity index (χ4v) is 2.08. The highest BCUT2D eigenvalue weighted by atomic mass is 16.5. The van der Waals surface area contributed by atoms with E-state index in [9.17, 15) is 0 Å². The van der Waals surface area contributed by atoms with Gasteiger partial charge in [0, 0.05) is 6.54 Å². The standard InChI is InChI=1S/C17H21NO2/c1-12-7-8-13(2)16(9-12)20-17(11-18)14-5-4-6-15(10-14)19-3/h4-10,17H,11,18H2,1-3H3. The fourth-order valence-electron chi connectivity index (χ4n) is 2.08. The Morgan fingerprint density at radius 1 is 1.10 bits per heavy atom. The van der Waals surface area contributed by atoms with Gasteiger partial charge in [0.05, 0.1) is 7.11 Å². The number of nitrogens with two attached hydrogens (primary N) is 1. The molecule has 0 aliphatic heterocycles. The molecule has 0 aliphatic carbocycles. The molecule has 2 rings (SSSR count). The summed E-state index contributed by atoms with van der Waals surface area (Å²) in [5.41, 5.74) is 9.17. The van der Waals surface area contributed by atoms with Crippen molar-refractivity contribution in [1.29, 1.82) is 0 Å². The van der Waals surface area contributed by atoms with E-state index in [1.54, 1.807) is 7.11 Å². The largest absolute Gasteiger partial charge is 0.497 e. The Balaban J connectivity index is 2.26. The predicted molar refractivity (Wildman–Crippen MR) is 81.3 cm³/mol. The number of aryl methyl sites for hydroxylation is 2. The molecule has 0 bridgehead atoms. The highest BCUT2D eigenvalue weighted by molar-refractivity contribution is 5.37. The first-order chi connectivity index (χ1) is 9.63. The third kappa shape index (κ3) is 3.31. The SMILES string of the molecule is COc1cccc(C(CN)Oc2cc(C)ccc2C)c1. The molecule has 2 aromatic rings. The van der Waals surface area contributed by atoms with Crippen molar-refractivity contribution >= 4 is 0 Å². The quantitative estimate of drug-likeness (QED) is 0.906. The summed E-state index contributed by atoms with van der Waals surface area (Å²) in [6.45, 7) is 4.50. The maximum absolute atomic E-state index is 6.08. The summed E-state index contributed by atoms with van der Waals surface area (Å²) in [7, 11) is 1.65. The molecule has 0 heterocycles. The Labute approximate surface area is 120 Å². The summed E-state index contributed by atoms with van der Waals surface area (Å²) in [6, 6.07) is 14.0. The number of hydrogen-bond donors (Lipinski definition) is 1. The van der Waals surface area contributed by atoms with Crippen LogP contribution in [0.5, 0.6) is 11.5 Å². The summed E-state index contributed by atoms with van der Waals surface area (Å²) >= 11 is 0. The van der Waals surface area contributed by atoms with Crippen molar-refractivity contribution in [3.8, 4) is 11.5 Å². The van der Waals surface area contributed by atoms with Crippen molar-refractivity contribution < 1.29 is 9.47 Å². The molecule has 0 spiro atoms. The number of methoxy groups -OCH3 is 1. The molecule has 0 fully saturated rings. The van der Waals surface area contributed by atoms with Crippen LogP contribution in [0.2, 0.25) is 0 Å². The van der Waals surface area contributed by atoms with Gasteiger partial charge in [0.15, 0.2) is 0 Å². The van der Waals surface area contributed by atoms with Crippen molar-refractivity contribution in [2.45, 2.75) is 20.0 Å². The highest BCUT2D eigenvalue weighted by Crippen LogP contribution is 2.27. The van der Waals surface area contributed by atoms with Gasteiger partial charge in [0.25, 0.3) is 0 Å². The van der Waals surface area contributed by atoms with Gasteiger partial charge in [0.1, 0.15) is 17.6 Å². The molecule has 0 saturated heterocycles. The van der Waals surface area contributed by atoms with Crippen LogP contribution >= 0.6 is 0 Å². The number of benzene rings is 2. The van der Waals surface area contributed by atoms with Gasteiger partial charge in [-0.3, -0.25) is 0 Å². The molecule has 1 unspecified atom stereocenters. The Hall–Kier alpha value is -2.00. The van der Waals surface area contributed by atoms with Gasteiger partial charge in [-0.15, -0.1) is 0 Å². The first-order valence-corrected chi connectivity index (χ1v) is 6.72. The van der Waals surface area contributed by atoms with Crippen LogP contribution in [-0.4, -0.2) is 13.7 Å². The Kier molecular flexibility index (Phi) is 4.64. The molecule has 0 amide bonds. The van der Waals surface area contributed by atoms with Crippen LogP contribution < -0.4 is 15.2 Å². The third-order valence-corrected chi connectivity index (χ3v) is 3.29. The molecule has 1 atom stereocenters. The lowest BCUT2D eigenvalue weighted by Gasteiger charge is -2.20. The van der Waals surface area contributed by atoms with Crippen LogP contribution in [0.4, 0.5) is 0 Å². The summed E-state index contributed by atoms with van der Waals surface area (Å²) in [5.74, 6) is 1.69. The van der Waals surface area contributed by atoms with Crippen LogP contribution in [0, 0.1) is 13.8 Å². The molecule has 0 saturated carbocycles. The van der Waals surface area contributed by atoms with E-state index in [-0.39, 0.29) is 6.10 Å². The summed E-state index contributed by atoms with van der Waals surface area (Å²) in [6.07, 6.45) is -0.175. The van der Waals surface area contributed by atoms with Gasteiger partial charge in [-0.05, 0) is 48.7 Å². The van der Waals surface area contributed by atoms with E-state index in [1.165, 1.54) is 5.56 Å². The topological polar surface area (TPSA) is 44.5 Å². The monoisotopic (exact) mass is 271 g/mol. The molecule has 20 heavy (non-hydrogen) atoms. The zero-order valence-corrected chi connectivity index (χ0v) is 12.2. The lowest BCUT2D eigenvalue weighted by molar-refractivity contribution is 0.212. The Morgan fingerprint density at radius 2 is 1.90 bits per heavy atom. The molecule has 0 radical (unpaired) electrons. The van der Waals surface area contributed by atoms with Crippen molar-refractivity contribution in [1.82, 2.24) is 0 Å². The molecule has 0 aliphatic rings. The van der Waals surface area contributed by atoms with Gasteiger partial charge in [-0.1, -0.05) is 24.3 Å². The molecule has 3 heteroatoms. The number of rotatable bonds is 5. The van der Waals surface area contributed by atoms with E-state index < -0.39 is 0 Å². The van der Waals surface area contributed by atoms with E-state index in [2.05, 4.69) is 19.1 Å². The average Bonchev–Trinajstić information content (AvgIpc) is 2.48. The number of hydrogen-bond acceptors (Lipinski definition) is 3. The molecular weight excluding hydrogens is 250 g/mol. The minimum absolute atomic E-state index is 0.175. The second kappa shape index (κ2) is 6.44. The maximum Gasteiger partial charge on any atom is 0.136 e. The maximum atomic E-state index is 6.08. The van der Waals surface area contributed by atoms with E-state index in [0.29, 0.717) is 6.54 Å².